The van der Waals surface area contributed by atoms with Crippen molar-refractivity contribution in [2.75, 3.05) is 20.2 Å². The predicted molar refractivity (Wildman–Crippen MR) is 206 cm³/mol. The molecule has 12 heteroatoms. The summed E-state index contributed by atoms with van der Waals surface area (Å²) in [5, 5.41) is 18.6. The number of hydrogen-bond acceptors (Lipinski definition) is 6. The SMILES string of the molecule is C[C@@H](C(=O)N[C@H](C(=O)N1C[C@@H](NC(=O)OCC2c3ccccc3-c3ccccc32)C[C@H]1C(=O)N[C@@H]1CCCc2ccccc21)C1CCCCC1)N(C)C(=O)O. The fourth-order valence-corrected chi connectivity index (χ4v) is 9.05. The van der Waals surface area contributed by atoms with Crippen molar-refractivity contribution in [1.29, 1.82) is 0 Å². The summed E-state index contributed by atoms with van der Waals surface area (Å²) in [6.07, 6.45) is 5.12. The van der Waals surface area contributed by atoms with E-state index in [1.165, 1.54) is 24.4 Å². The third-order valence-corrected chi connectivity index (χ3v) is 12.2. The predicted octanol–water partition coefficient (Wildman–Crippen LogP) is 5.75. The second-order valence-corrected chi connectivity index (χ2v) is 15.5. The molecule has 5 amide bonds. The fraction of sp³-hybridized carbons (Fsp3) is 0.465. The lowest BCUT2D eigenvalue weighted by atomic mass is 9.83. The molecule has 55 heavy (non-hydrogen) atoms. The molecule has 0 aromatic heterocycles. The Hall–Kier alpha value is -5.39. The number of nitrogens with one attached hydrogen (secondary N) is 3. The first-order valence-corrected chi connectivity index (χ1v) is 19.7. The molecule has 0 unspecified atom stereocenters. The number of likely N-dealkylation sites (N-methyl/N-ethyl adjacent to an activating group) is 1. The van der Waals surface area contributed by atoms with Gasteiger partial charge in [-0.1, -0.05) is 92.1 Å². The highest BCUT2D eigenvalue weighted by molar-refractivity contribution is 5.94. The van der Waals surface area contributed by atoms with Gasteiger partial charge in [0.15, 0.2) is 0 Å². The number of benzene rings is 3. The normalized spacial score (nSPS) is 21.6. The number of fused-ring (bicyclic) bond motifs is 4. The molecule has 2 fully saturated rings. The van der Waals surface area contributed by atoms with E-state index < -0.39 is 48.2 Å². The number of nitrogens with zero attached hydrogens (tertiary/aromatic N) is 2. The minimum Gasteiger partial charge on any atom is -0.465 e. The largest absolute Gasteiger partial charge is 0.465 e. The van der Waals surface area contributed by atoms with Crippen LogP contribution in [-0.4, -0.2) is 89.2 Å². The van der Waals surface area contributed by atoms with Crippen LogP contribution in [0.1, 0.15) is 92.5 Å². The Morgan fingerprint density at radius 3 is 2.15 bits per heavy atom. The van der Waals surface area contributed by atoms with E-state index in [1.54, 1.807) is 0 Å². The fourth-order valence-electron chi connectivity index (χ4n) is 9.05. The zero-order chi connectivity index (χ0) is 38.6. The number of ether oxygens (including phenoxy) is 1. The van der Waals surface area contributed by atoms with E-state index in [1.807, 2.05) is 42.5 Å². The maximum atomic E-state index is 14.7. The Bertz CT molecular complexity index is 1880. The third-order valence-electron chi connectivity index (χ3n) is 12.2. The van der Waals surface area contributed by atoms with E-state index in [0.717, 1.165) is 71.2 Å². The number of aryl methyl sites for hydroxylation is 1. The highest BCUT2D eigenvalue weighted by Crippen LogP contribution is 2.44. The van der Waals surface area contributed by atoms with Gasteiger partial charge in [-0.3, -0.25) is 19.3 Å². The number of rotatable bonds is 10. The molecule has 290 valence electrons. The van der Waals surface area contributed by atoms with Gasteiger partial charge in [-0.2, -0.15) is 0 Å². The molecule has 12 nitrogen and oxygen atoms in total. The second-order valence-electron chi connectivity index (χ2n) is 15.5. The lowest BCUT2D eigenvalue weighted by Gasteiger charge is -2.36. The van der Waals surface area contributed by atoms with Gasteiger partial charge >= 0.3 is 12.2 Å². The van der Waals surface area contributed by atoms with Crippen molar-refractivity contribution in [2.24, 2.45) is 5.92 Å². The summed E-state index contributed by atoms with van der Waals surface area (Å²) in [5.41, 5.74) is 6.68. The van der Waals surface area contributed by atoms with E-state index in [2.05, 4.69) is 46.3 Å². The molecule has 3 aromatic carbocycles. The van der Waals surface area contributed by atoms with E-state index in [0.29, 0.717) is 12.8 Å². The van der Waals surface area contributed by atoms with E-state index >= 15 is 0 Å². The number of hydrogen-bond donors (Lipinski definition) is 4. The van der Waals surface area contributed by atoms with Gasteiger partial charge < -0.3 is 30.7 Å². The van der Waals surface area contributed by atoms with Gasteiger partial charge in [-0.25, -0.2) is 9.59 Å². The minimum atomic E-state index is -1.26. The first-order valence-electron chi connectivity index (χ1n) is 19.7. The quantitative estimate of drug-likeness (QED) is 0.206. The smallest absolute Gasteiger partial charge is 0.407 e. The van der Waals surface area contributed by atoms with Gasteiger partial charge in [0.25, 0.3) is 0 Å². The molecule has 0 radical (unpaired) electrons. The molecule has 1 heterocycles. The average molecular weight is 750 g/mol. The summed E-state index contributed by atoms with van der Waals surface area (Å²) < 4.78 is 5.85. The first-order chi connectivity index (χ1) is 26.6. The van der Waals surface area contributed by atoms with Gasteiger partial charge in [-0.15, -0.1) is 0 Å². The molecule has 0 spiro atoms. The van der Waals surface area contributed by atoms with Crippen molar-refractivity contribution in [1.82, 2.24) is 25.8 Å². The van der Waals surface area contributed by atoms with E-state index in [4.69, 9.17) is 4.74 Å². The van der Waals surface area contributed by atoms with Crippen LogP contribution in [0, 0.1) is 5.92 Å². The Balaban J connectivity index is 1.10. The molecule has 3 aromatic rings. The summed E-state index contributed by atoms with van der Waals surface area (Å²) in [6.45, 7) is 1.65. The summed E-state index contributed by atoms with van der Waals surface area (Å²) in [4.78, 5) is 70.0. The first kappa shape index (κ1) is 37.9. The van der Waals surface area contributed by atoms with Crippen molar-refractivity contribution in [3.05, 3.63) is 95.1 Å². The molecule has 1 aliphatic heterocycles. The van der Waals surface area contributed by atoms with E-state index in [-0.39, 0.29) is 43.4 Å². The number of alkyl carbamates (subject to hydrolysis) is 1. The zero-order valence-corrected chi connectivity index (χ0v) is 31.5. The van der Waals surface area contributed by atoms with Gasteiger partial charge in [0.1, 0.15) is 24.7 Å². The molecular weight excluding hydrogens is 699 g/mol. The van der Waals surface area contributed by atoms with Gasteiger partial charge in [-0.05, 0) is 84.7 Å². The topological polar surface area (TPSA) is 157 Å². The van der Waals surface area contributed by atoms with Crippen molar-refractivity contribution >= 4 is 29.9 Å². The van der Waals surface area contributed by atoms with Crippen LogP contribution in [0.5, 0.6) is 0 Å². The minimum absolute atomic E-state index is 0.0477. The van der Waals surface area contributed by atoms with Crippen LogP contribution in [-0.2, 0) is 25.5 Å². The lowest BCUT2D eigenvalue weighted by molar-refractivity contribution is -0.143. The molecule has 4 N–H and O–H groups in total. The highest BCUT2D eigenvalue weighted by atomic mass is 16.5. The average Bonchev–Trinajstić information content (AvgIpc) is 3.77. The molecular formula is C43H51N5O7. The standard InChI is InChI=1S/C43H51N5O7/c1-26(47(2)43(53)54)39(49)46-38(28-14-4-3-5-15-28)41(51)48-24-29(23-37(48)40(50)45-36-22-12-16-27-13-6-7-17-30(27)36)44-42(52)55-25-35-33-20-10-8-18-31(33)32-19-9-11-21-34(32)35/h6-11,13,17-21,26,28-29,35-38H,3-5,12,14-16,22-25H2,1-2H3,(H,44,52)(H,45,50)(H,46,49)(H,53,54)/t26-,29-,36+,37-,38-/m0/s1. The Morgan fingerprint density at radius 1 is 0.836 bits per heavy atom. The van der Waals surface area contributed by atoms with Gasteiger partial charge in [0.05, 0.1) is 12.1 Å². The van der Waals surface area contributed by atoms with Crippen molar-refractivity contribution < 1.29 is 33.8 Å². The van der Waals surface area contributed by atoms with Crippen molar-refractivity contribution in [3.63, 3.8) is 0 Å². The number of carboxylic acid groups (broad SMARTS) is 1. The molecule has 4 aliphatic rings. The summed E-state index contributed by atoms with van der Waals surface area (Å²) in [7, 11) is 1.31. The van der Waals surface area contributed by atoms with Crippen molar-refractivity contribution in [2.45, 2.75) is 101 Å². The lowest BCUT2D eigenvalue weighted by Crippen LogP contribution is -2.59. The highest BCUT2D eigenvalue weighted by Gasteiger charge is 2.45. The van der Waals surface area contributed by atoms with Crippen LogP contribution in [0.4, 0.5) is 9.59 Å². The summed E-state index contributed by atoms with van der Waals surface area (Å²) in [5.74, 6) is -1.62. The monoisotopic (exact) mass is 749 g/mol. The van der Waals surface area contributed by atoms with Crippen LogP contribution in [0.3, 0.4) is 0 Å². The summed E-state index contributed by atoms with van der Waals surface area (Å²) >= 11 is 0. The van der Waals surface area contributed by atoms with Gasteiger partial charge in [0.2, 0.25) is 17.7 Å². The van der Waals surface area contributed by atoms with Gasteiger partial charge in [0, 0.05) is 19.5 Å². The number of carbonyl (C=O) groups is 5. The third kappa shape index (κ3) is 8.04. The van der Waals surface area contributed by atoms with Crippen LogP contribution in [0.15, 0.2) is 72.8 Å². The molecule has 1 saturated heterocycles. The number of carbonyl (C=O) groups excluding carboxylic acids is 4. The van der Waals surface area contributed by atoms with Crippen molar-refractivity contribution in [3.8, 4) is 11.1 Å². The summed E-state index contributed by atoms with van der Waals surface area (Å²) in [6, 6.07) is 20.5. The van der Waals surface area contributed by atoms with Crippen LogP contribution in [0.2, 0.25) is 0 Å². The number of likely N-dealkylation sites (tertiary alicyclic amines) is 1. The molecule has 5 atom stereocenters. The van der Waals surface area contributed by atoms with Crippen LogP contribution in [0.25, 0.3) is 11.1 Å². The van der Waals surface area contributed by atoms with Crippen LogP contribution >= 0.6 is 0 Å². The number of amides is 5. The molecule has 1 saturated carbocycles. The van der Waals surface area contributed by atoms with E-state index in [9.17, 15) is 29.1 Å². The molecule has 7 rings (SSSR count). The molecule has 3 aliphatic carbocycles. The Kier molecular flexibility index (Phi) is 11.4. The zero-order valence-electron chi connectivity index (χ0n) is 31.5. The Labute approximate surface area is 322 Å². The second kappa shape index (κ2) is 16.5. The Morgan fingerprint density at radius 2 is 1.47 bits per heavy atom. The maximum absolute atomic E-state index is 14.7. The molecule has 0 bridgehead atoms. The van der Waals surface area contributed by atoms with Crippen LogP contribution < -0.4 is 16.0 Å². The maximum Gasteiger partial charge on any atom is 0.407 e.